The number of ether oxygens (including phenoxy) is 1. The molecule has 8 heteroatoms. The van der Waals surface area contributed by atoms with Crippen LogP contribution in [-0.2, 0) is 18.1 Å². The van der Waals surface area contributed by atoms with Gasteiger partial charge < -0.3 is 15.0 Å². The van der Waals surface area contributed by atoms with Gasteiger partial charge in [0.1, 0.15) is 11.8 Å². The Morgan fingerprint density at radius 1 is 1.27 bits per heavy atom. The van der Waals surface area contributed by atoms with Crippen LogP contribution in [0.4, 0.5) is 18.9 Å². The van der Waals surface area contributed by atoms with E-state index in [-0.39, 0.29) is 22.4 Å². The maximum absolute atomic E-state index is 13.3. The van der Waals surface area contributed by atoms with Crippen LogP contribution < -0.4 is 10.1 Å². The summed E-state index contributed by atoms with van der Waals surface area (Å²) in [5, 5.41) is 12.3. The second-order valence-corrected chi connectivity index (χ2v) is 8.05. The quantitative estimate of drug-likeness (QED) is 0.795. The second kappa shape index (κ2) is 7.65. The van der Waals surface area contributed by atoms with Gasteiger partial charge in [-0.1, -0.05) is 19.9 Å². The molecular weight excluding hydrogens is 395 g/mol. The number of carbonyl (C=O) groups excluding carboxylic acids is 1. The normalized spacial score (nSPS) is 15.8. The predicted octanol–water partition coefficient (Wildman–Crippen LogP) is 4.56. The highest BCUT2D eigenvalue weighted by Gasteiger charge is 2.35. The molecule has 0 radical (unpaired) electrons. The van der Waals surface area contributed by atoms with Crippen LogP contribution in [0, 0.1) is 11.3 Å². The van der Waals surface area contributed by atoms with E-state index in [1.165, 1.54) is 6.07 Å². The zero-order valence-electron chi connectivity index (χ0n) is 17.1. The summed E-state index contributed by atoms with van der Waals surface area (Å²) in [5.74, 6) is -1.10. The van der Waals surface area contributed by atoms with Crippen molar-refractivity contribution in [2.24, 2.45) is 0 Å². The number of methoxy groups -OCH3 is 1. The van der Waals surface area contributed by atoms with Crippen LogP contribution in [0.25, 0.3) is 0 Å². The molecule has 0 saturated heterocycles. The van der Waals surface area contributed by atoms with Crippen LogP contribution in [-0.4, -0.2) is 31.5 Å². The van der Waals surface area contributed by atoms with Crippen molar-refractivity contribution in [2.45, 2.75) is 32.0 Å². The van der Waals surface area contributed by atoms with E-state index in [0.29, 0.717) is 12.1 Å². The fourth-order valence-corrected chi connectivity index (χ4v) is 4.03. The van der Waals surface area contributed by atoms with Crippen LogP contribution >= 0.6 is 0 Å². The molecule has 0 fully saturated rings. The molecule has 1 aliphatic heterocycles. The molecule has 158 valence electrons. The lowest BCUT2D eigenvalue weighted by Gasteiger charge is -2.38. The van der Waals surface area contributed by atoms with E-state index in [9.17, 15) is 23.2 Å². The number of benzene rings is 2. The molecule has 1 amide bonds. The molecule has 2 aromatic carbocycles. The van der Waals surface area contributed by atoms with Crippen molar-refractivity contribution in [3.05, 3.63) is 58.1 Å². The molecule has 1 N–H and O–H groups in total. The smallest absolute Gasteiger partial charge is 0.419 e. The summed E-state index contributed by atoms with van der Waals surface area (Å²) in [5.41, 5.74) is 1.06. The SMILES string of the molecule is COc1ccc(C(=O)Nc2ccc3c(c2C#N)CN(C)CC3(C)C)cc1C(F)(F)F. The van der Waals surface area contributed by atoms with Crippen molar-refractivity contribution in [1.29, 1.82) is 5.26 Å². The van der Waals surface area contributed by atoms with E-state index in [0.717, 1.165) is 36.9 Å². The highest BCUT2D eigenvalue weighted by molar-refractivity contribution is 6.05. The third kappa shape index (κ3) is 3.98. The zero-order chi connectivity index (χ0) is 22.3. The maximum atomic E-state index is 13.3. The van der Waals surface area contributed by atoms with E-state index in [1.54, 1.807) is 6.07 Å². The number of alkyl halides is 3. The second-order valence-electron chi connectivity index (χ2n) is 8.05. The number of rotatable bonds is 3. The van der Waals surface area contributed by atoms with Crippen molar-refractivity contribution >= 4 is 11.6 Å². The minimum absolute atomic E-state index is 0.173. The average Bonchev–Trinajstić information content (AvgIpc) is 2.65. The monoisotopic (exact) mass is 417 g/mol. The predicted molar refractivity (Wildman–Crippen MR) is 106 cm³/mol. The van der Waals surface area contributed by atoms with Gasteiger partial charge in [-0.05, 0) is 42.4 Å². The molecule has 0 atom stereocenters. The van der Waals surface area contributed by atoms with Crippen molar-refractivity contribution in [3.8, 4) is 11.8 Å². The Bertz CT molecular complexity index is 1040. The lowest BCUT2D eigenvalue weighted by atomic mass is 9.77. The van der Waals surface area contributed by atoms with E-state index < -0.39 is 17.6 Å². The van der Waals surface area contributed by atoms with E-state index in [1.807, 2.05) is 13.1 Å². The number of halogens is 3. The topological polar surface area (TPSA) is 65.4 Å². The third-order valence-corrected chi connectivity index (χ3v) is 5.26. The van der Waals surface area contributed by atoms with E-state index in [4.69, 9.17) is 4.74 Å². The average molecular weight is 417 g/mol. The van der Waals surface area contributed by atoms with Gasteiger partial charge in [0.15, 0.2) is 0 Å². The Morgan fingerprint density at radius 3 is 2.57 bits per heavy atom. The Morgan fingerprint density at radius 2 is 1.97 bits per heavy atom. The molecule has 0 aromatic heterocycles. The number of amides is 1. The summed E-state index contributed by atoms with van der Waals surface area (Å²) in [4.78, 5) is 14.8. The number of fused-ring (bicyclic) bond motifs is 1. The number of nitrogens with zero attached hydrogens (tertiary/aromatic N) is 2. The molecule has 30 heavy (non-hydrogen) atoms. The molecule has 3 rings (SSSR count). The summed E-state index contributed by atoms with van der Waals surface area (Å²) in [7, 11) is 3.09. The van der Waals surface area contributed by atoms with E-state index in [2.05, 4.69) is 30.1 Å². The number of hydrogen-bond acceptors (Lipinski definition) is 4. The summed E-state index contributed by atoms with van der Waals surface area (Å²) < 4.78 is 44.5. The summed E-state index contributed by atoms with van der Waals surface area (Å²) in [6.45, 7) is 5.53. The Hall–Kier alpha value is -3.05. The number of anilines is 1. The molecule has 2 aromatic rings. The first-order valence-electron chi connectivity index (χ1n) is 9.29. The van der Waals surface area contributed by atoms with Crippen molar-refractivity contribution in [2.75, 3.05) is 26.0 Å². The molecular formula is C22H22F3N3O2. The van der Waals surface area contributed by atoms with Gasteiger partial charge in [-0.25, -0.2) is 0 Å². The highest BCUT2D eigenvalue weighted by Crippen LogP contribution is 2.38. The van der Waals surface area contributed by atoms with Crippen molar-refractivity contribution in [1.82, 2.24) is 4.90 Å². The van der Waals surface area contributed by atoms with Crippen LogP contribution in [0.15, 0.2) is 30.3 Å². The maximum Gasteiger partial charge on any atom is 0.419 e. The first kappa shape index (κ1) is 21.7. The third-order valence-electron chi connectivity index (χ3n) is 5.26. The van der Waals surface area contributed by atoms with Crippen LogP contribution in [0.1, 0.15) is 46.5 Å². The first-order chi connectivity index (χ1) is 14.0. The Labute approximate surface area is 173 Å². The van der Waals surface area contributed by atoms with Gasteiger partial charge >= 0.3 is 6.18 Å². The largest absolute Gasteiger partial charge is 0.496 e. The van der Waals surface area contributed by atoms with Crippen LogP contribution in [0.2, 0.25) is 0 Å². The number of likely N-dealkylation sites (N-methyl/N-ethyl adjacent to an activating group) is 1. The van der Waals surface area contributed by atoms with Gasteiger partial charge in [0.05, 0.1) is 23.9 Å². The van der Waals surface area contributed by atoms with Gasteiger partial charge in [-0.2, -0.15) is 18.4 Å². The fraction of sp³-hybridized carbons (Fsp3) is 0.364. The summed E-state index contributed by atoms with van der Waals surface area (Å²) in [6.07, 6.45) is -4.67. The summed E-state index contributed by atoms with van der Waals surface area (Å²) in [6, 6.07) is 8.76. The molecule has 0 saturated carbocycles. The molecule has 0 spiro atoms. The summed E-state index contributed by atoms with van der Waals surface area (Å²) >= 11 is 0. The fourth-order valence-electron chi connectivity index (χ4n) is 4.03. The minimum Gasteiger partial charge on any atom is -0.496 e. The number of nitrogens with one attached hydrogen (secondary N) is 1. The lowest BCUT2D eigenvalue weighted by Crippen LogP contribution is -2.40. The Balaban J connectivity index is 1.99. The number of nitriles is 1. The van der Waals surface area contributed by atoms with Gasteiger partial charge in [0, 0.05) is 24.1 Å². The number of carbonyl (C=O) groups is 1. The van der Waals surface area contributed by atoms with Gasteiger partial charge in [-0.3, -0.25) is 4.79 Å². The van der Waals surface area contributed by atoms with Crippen molar-refractivity contribution in [3.63, 3.8) is 0 Å². The molecule has 1 heterocycles. The standard InChI is InChI=1S/C22H22F3N3O2/c1-21(2)12-28(3)11-15-14(10-26)18(7-6-16(15)21)27-20(29)13-5-8-19(30-4)17(9-13)22(23,24)25/h5-9H,11-12H2,1-4H3,(H,27,29). The van der Waals surface area contributed by atoms with Gasteiger partial charge in [0.2, 0.25) is 0 Å². The molecule has 5 nitrogen and oxygen atoms in total. The van der Waals surface area contributed by atoms with Crippen LogP contribution in [0.3, 0.4) is 0 Å². The van der Waals surface area contributed by atoms with Crippen molar-refractivity contribution < 1.29 is 22.7 Å². The Kier molecular flexibility index (Phi) is 5.52. The molecule has 0 bridgehead atoms. The zero-order valence-corrected chi connectivity index (χ0v) is 17.1. The van der Waals surface area contributed by atoms with Gasteiger partial charge in [-0.15, -0.1) is 0 Å². The molecule has 1 aliphatic rings. The first-order valence-corrected chi connectivity index (χ1v) is 9.29. The molecule has 0 aliphatic carbocycles. The minimum atomic E-state index is -4.67. The van der Waals surface area contributed by atoms with Crippen LogP contribution in [0.5, 0.6) is 5.75 Å². The highest BCUT2D eigenvalue weighted by atomic mass is 19.4. The van der Waals surface area contributed by atoms with Gasteiger partial charge in [0.25, 0.3) is 5.91 Å². The lowest BCUT2D eigenvalue weighted by molar-refractivity contribution is -0.138. The van der Waals surface area contributed by atoms with E-state index >= 15 is 0 Å². The number of hydrogen-bond donors (Lipinski definition) is 1. The molecule has 0 unspecified atom stereocenters.